The van der Waals surface area contributed by atoms with Gasteiger partial charge in [-0.3, -0.25) is 4.79 Å². The summed E-state index contributed by atoms with van der Waals surface area (Å²) in [5, 5.41) is 0. The van der Waals surface area contributed by atoms with Gasteiger partial charge in [-0.2, -0.15) is 0 Å². The molecule has 1 aliphatic rings. The second kappa shape index (κ2) is 5.98. The Bertz CT molecular complexity index is 414. The number of ketones is 1. The molecule has 17 heavy (non-hydrogen) atoms. The van der Waals surface area contributed by atoms with Gasteiger partial charge in [-0.05, 0) is 40.5 Å². The zero-order valence-electron chi connectivity index (χ0n) is 9.12. The molecule has 1 aromatic rings. The number of carbonyl (C=O) groups excluding carboxylic acids is 1. The van der Waals surface area contributed by atoms with E-state index < -0.39 is 0 Å². The fraction of sp³-hybridized carbons (Fsp3) is 0.417. The molecule has 0 spiro atoms. The average molecular weight is 364 g/mol. The molecule has 0 bridgehead atoms. The summed E-state index contributed by atoms with van der Waals surface area (Å²) >= 11 is 6.75. The molecule has 0 radical (unpaired) electrons. The van der Waals surface area contributed by atoms with Gasteiger partial charge in [-0.1, -0.05) is 15.9 Å². The predicted molar refractivity (Wildman–Crippen MR) is 71.3 cm³/mol. The number of carbonyl (C=O) groups is 1. The van der Waals surface area contributed by atoms with Crippen molar-refractivity contribution < 1.29 is 14.3 Å². The number of ether oxygens (including phenoxy) is 2. The second-order valence-electron chi connectivity index (χ2n) is 3.89. The summed E-state index contributed by atoms with van der Waals surface area (Å²) in [4.78, 5) is 11.8. The van der Waals surface area contributed by atoms with E-state index in [1.54, 1.807) is 0 Å². The molecular weight excluding hydrogens is 352 g/mol. The minimum Gasteiger partial charge on any atom is -0.485 e. The lowest BCUT2D eigenvalue weighted by molar-refractivity contribution is -0.124. The monoisotopic (exact) mass is 362 g/mol. The van der Waals surface area contributed by atoms with Crippen molar-refractivity contribution in [3.05, 3.63) is 27.1 Å². The van der Waals surface area contributed by atoms with Crippen molar-refractivity contribution in [1.82, 2.24) is 0 Å². The highest BCUT2D eigenvalue weighted by molar-refractivity contribution is 9.11. The summed E-state index contributed by atoms with van der Waals surface area (Å²) in [5.41, 5.74) is 0. The van der Waals surface area contributed by atoms with Gasteiger partial charge < -0.3 is 9.47 Å². The largest absolute Gasteiger partial charge is 0.485 e. The summed E-state index contributed by atoms with van der Waals surface area (Å²) in [6, 6.07) is 5.59. The molecular formula is C12H12Br2O3. The van der Waals surface area contributed by atoms with Gasteiger partial charge in [0.25, 0.3) is 0 Å². The summed E-state index contributed by atoms with van der Waals surface area (Å²) < 4.78 is 12.5. The molecule has 1 saturated heterocycles. The van der Waals surface area contributed by atoms with Crippen molar-refractivity contribution in [2.24, 2.45) is 5.92 Å². The predicted octanol–water partition coefficient (Wildman–Crippen LogP) is 3.20. The van der Waals surface area contributed by atoms with Crippen molar-refractivity contribution in [2.45, 2.75) is 6.42 Å². The Balaban J connectivity index is 1.90. The highest BCUT2D eigenvalue weighted by Crippen LogP contribution is 2.28. The third-order valence-electron chi connectivity index (χ3n) is 2.65. The summed E-state index contributed by atoms with van der Waals surface area (Å²) in [5.74, 6) is 0.794. The van der Waals surface area contributed by atoms with E-state index in [4.69, 9.17) is 9.47 Å². The molecule has 2 rings (SSSR count). The van der Waals surface area contributed by atoms with Gasteiger partial charge in [0.2, 0.25) is 0 Å². The zero-order chi connectivity index (χ0) is 12.3. The molecule has 1 atom stereocenters. The van der Waals surface area contributed by atoms with Crippen LogP contribution < -0.4 is 4.74 Å². The Hall–Kier alpha value is -0.390. The van der Waals surface area contributed by atoms with Gasteiger partial charge in [-0.25, -0.2) is 0 Å². The van der Waals surface area contributed by atoms with Crippen LogP contribution in [-0.4, -0.2) is 25.6 Å². The normalized spacial score (nSPS) is 19.3. The van der Waals surface area contributed by atoms with Crippen LogP contribution in [0.1, 0.15) is 6.42 Å². The first-order valence-electron chi connectivity index (χ1n) is 5.35. The Morgan fingerprint density at radius 3 is 2.94 bits per heavy atom. The molecule has 0 amide bonds. The van der Waals surface area contributed by atoms with E-state index in [1.807, 2.05) is 18.2 Å². The van der Waals surface area contributed by atoms with Gasteiger partial charge in [0.05, 0.1) is 11.1 Å². The third kappa shape index (κ3) is 3.53. The Labute approximate surface area is 117 Å². The maximum atomic E-state index is 11.8. The average Bonchev–Trinajstić information content (AvgIpc) is 2.81. The lowest BCUT2D eigenvalue weighted by Crippen LogP contribution is -2.21. The number of hydrogen-bond acceptors (Lipinski definition) is 3. The van der Waals surface area contributed by atoms with Gasteiger partial charge in [-0.15, -0.1) is 0 Å². The first-order valence-corrected chi connectivity index (χ1v) is 6.93. The highest BCUT2D eigenvalue weighted by atomic mass is 79.9. The van der Waals surface area contributed by atoms with E-state index in [2.05, 4.69) is 31.9 Å². The van der Waals surface area contributed by atoms with Gasteiger partial charge in [0, 0.05) is 17.0 Å². The fourth-order valence-electron chi connectivity index (χ4n) is 1.65. The second-order valence-corrected chi connectivity index (χ2v) is 5.66. The molecule has 1 aliphatic heterocycles. The van der Waals surface area contributed by atoms with Crippen LogP contribution in [0.5, 0.6) is 5.75 Å². The molecule has 0 saturated carbocycles. The van der Waals surface area contributed by atoms with Gasteiger partial charge in [0.1, 0.15) is 12.4 Å². The number of rotatable bonds is 4. The number of Topliss-reactive ketones (excluding diaryl/α,β-unsaturated/α-hetero) is 1. The molecule has 1 fully saturated rings. The van der Waals surface area contributed by atoms with E-state index in [1.165, 1.54) is 0 Å². The van der Waals surface area contributed by atoms with Crippen molar-refractivity contribution in [3.8, 4) is 5.75 Å². The fourth-order valence-corrected chi connectivity index (χ4v) is 2.81. The molecule has 1 unspecified atom stereocenters. The van der Waals surface area contributed by atoms with Crippen LogP contribution in [0.4, 0.5) is 0 Å². The van der Waals surface area contributed by atoms with E-state index in [-0.39, 0.29) is 18.3 Å². The van der Waals surface area contributed by atoms with Crippen LogP contribution in [-0.2, 0) is 9.53 Å². The van der Waals surface area contributed by atoms with Crippen molar-refractivity contribution in [1.29, 1.82) is 0 Å². The summed E-state index contributed by atoms with van der Waals surface area (Å²) in [7, 11) is 0. The molecule has 0 aliphatic carbocycles. The molecule has 0 aromatic heterocycles. The molecule has 0 N–H and O–H groups in total. The topological polar surface area (TPSA) is 35.5 Å². The number of halogens is 2. The number of hydrogen-bond donors (Lipinski definition) is 0. The molecule has 5 heteroatoms. The summed E-state index contributed by atoms with van der Waals surface area (Å²) in [6.07, 6.45) is 0.809. The van der Waals surface area contributed by atoms with E-state index in [9.17, 15) is 4.79 Å². The van der Waals surface area contributed by atoms with Crippen LogP contribution in [0.15, 0.2) is 27.1 Å². The smallest absolute Gasteiger partial charge is 0.175 e. The zero-order valence-corrected chi connectivity index (χ0v) is 12.3. The number of benzene rings is 1. The van der Waals surface area contributed by atoms with Crippen LogP contribution in [0.2, 0.25) is 0 Å². The molecule has 1 heterocycles. The summed E-state index contributed by atoms with van der Waals surface area (Å²) in [6.45, 7) is 1.32. The van der Waals surface area contributed by atoms with Gasteiger partial charge in [0.15, 0.2) is 5.78 Å². The van der Waals surface area contributed by atoms with E-state index in [0.717, 1.165) is 15.4 Å². The Morgan fingerprint density at radius 1 is 1.47 bits per heavy atom. The van der Waals surface area contributed by atoms with Crippen LogP contribution >= 0.6 is 31.9 Å². The van der Waals surface area contributed by atoms with Crippen molar-refractivity contribution in [3.63, 3.8) is 0 Å². The van der Waals surface area contributed by atoms with Crippen LogP contribution in [0, 0.1) is 5.92 Å². The quantitative estimate of drug-likeness (QED) is 0.824. The first kappa shape index (κ1) is 13.1. The van der Waals surface area contributed by atoms with Crippen LogP contribution in [0.25, 0.3) is 0 Å². The molecule has 1 aromatic carbocycles. The minimum atomic E-state index is 0.00391. The standard InChI is InChI=1S/C12H12Br2O3/c13-9-1-2-12(10(14)5-9)17-7-11(15)8-3-4-16-6-8/h1-2,5,8H,3-4,6-7H2. The SMILES string of the molecule is O=C(COc1ccc(Br)cc1Br)C1CCOC1. The van der Waals surface area contributed by atoms with Crippen LogP contribution in [0.3, 0.4) is 0 Å². The third-order valence-corrected chi connectivity index (χ3v) is 3.76. The molecule has 3 nitrogen and oxygen atoms in total. The molecule has 92 valence electrons. The van der Waals surface area contributed by atoms with E-state index in [0.29, 0.717) is 19.0 Å². The van der Waals surface area contributed by atoms with Crippen molar-refractivity contribution in [2.75, 3.05) is 19.8 Å². The Morgan fingerprint density at radius 2 is 2.29 bits per heavy atom. The van der Waals surface area contributed by atoms with Gasteiger partial charge >= 0.3 is 0 Å². The first-order chi connectivity index (χ1) is 8.16. The minimum absolute atomic E-state index is 0.00391. The Kier molecular flexibility index (Phi) is 4.59. The highest BCUT2D eigenvalue weighted by Gasteiger charge is 2.23. The van der Waals surface area contributed by atoms with Crippen molar-refractivity contribution >= 4 is 37.6 Å². The maximum Gasteiger partial charge on any atom is 0.175 e. The lowest BCUT2D eigenvalue weighted by Gasteiger charge is -2.10. The maximum absolute atomic E-state index is 11.8. The van der Waals surface area contributed by atoms with E-state index >= 15 is 0 Å². The lowest BCUT2D eigenvalue weighted by atomic mass is 10.0.